The van der Waals surface area contributed by atoms with Crippen LogP contribution >= 0.6 is 0 Å². The normalized spacial score (nSPS) is 49.9. The Balaban J connectivity index is 1.17. The molecule has 7 aliphatic heterocycles. The lowest BCUT2D eigenvalue weighted by Gasteiger charge is -2.50. The first-order valence-corrected chi connectivity index (χ1v) is 26.5. The third-order valence-electron chi connectivity index (χ3n) is 15.2. The molecule has 482 valence electrons. The molecular formula is C46H78N2O35. The Morgan fingerprint density at radius 2 is 0.687 bits per heavy atom. The first kappa shape index (κ1) is 68.1. The monoisotopic (exact) mass is 1220 g/mol. The van der Waals surface area contributed by atoms with Crippen molar-refractivity contribution in [1.82, 2.24) is 10.6 Å². The summed E-state index contributed by atoms with van der Waals surface area (Å²) in [6, 6.07) is -2.82. The minimum Gasteiger partial charge on any atom is -0.394 e. The highest BCUT2D eigenvalue weighted by Crippen LogP contribution is 2.37. The molecule has 83 heavy (non-hydrogen) atoms. The maximum atomic E-state index is 12.7. The summed E-state index contributed by atoms with van der Waals surface area (Å²) in [7, 11) is 0. The topological polar surface area (TPSA) is 583 Å². The van der Waals surface area contributed by atoms with E-state index in [1.165, 1.54) is 0 Å². The third kappa shape index (κ3) is 15.0. The predicted octanol–water partition coefficient (Wildman–Crippen LogP) is -15.3. The quantitative estimate of drug-likeness (QED) is 0.0507. The van der Waals surface area contributed by atoms with Crippen molar-refractivity contribution in [2.24, 2.45) is 0 Å². The van der Waals surface area contributed by atoms with Gasteiger partial charge in [-0.2, -0.15) is 0 Å². The first-order chi connectivity index (χ1) is 39.3. The smallest absolute Gasteiger partial charge is 0.217 e. The SMILES string of the molecule is CC(=O)N[C@H]1[C@@H](O[C@H]2[C@H](O)[C@@H](NC(C)=O)CO[C@@H]2CO)O[C@H](CO)[C@@H](O[C@@H]2O[C@H](CO[C@H]3O[C@H](CO[C@H]4O[C@H](CO)[C@@H](O)[C@H](O)[C@@H]4O)[C@@H](O)[C@H](O[C@H]4O[C@H](CO)[C@@H](O)[C@H](O)[C@@H]4O)[C@@H]3O)[C@@H](O)[C@H](O[C@H]3O[C@H](CO)[C@@H](O)[C@H](O)[C@@H]3O)[C@@H]2O)[C@@H]1O. The van der Waals surface area contributed by atoms with Gasteiger partial charge in [-0.25, -0.2) is 0 Å². The molecule has 7 heterocycles. The van der Waals surface area contributed by atoms with E-state index in [2.05, 4.69) is 10.6 Å². The Morgan fingerprint density at radius 3 is 1.13 bits per heavy atom. The van der Waals surface area contributed by atoms with Gasteiger partial charge in [0.05, 0.1) is 58.9 Å². The number of rotatable bonds is 21. The molecule has 7 rings (SSSR count). The van der Waals surface area contributed by atoms with Crippen LogP contribution in [-0.4, -0.2) is 375 Å². The average molecular weight is 1220 g/mol. The van der Waals surface area contributed by atoms with Crippen molar-refractivity contribution in [3.05, 3.63) is 0 Å². The molecule has 0 aliphatic carbocycles. The van der Waals surface area contributed by atoms with Crippen molar-refractivity contribution in [2.75, 3.05) is 52.9 Å². The van der Waals surface area contributed by atoms with E-state index in [1.807, 2.05) is 0 Å². The molecule has 37 heteroatoms. The van der Waals surface area contributed by atoms with Gasteiger partial charge < -0.3 is 174 Å². The molecule has 2 amide bonds. The van der Waals surface area contributed by atoms with E-state index in [0.29, 0.717) is 0 Å². The largest absolute Gasteiger partial charge is 0.394 e. The molecule has 22 N–H and O–H groups in total. The molecule has 7 saturated heterocycles. The first-order valence-electron chi connectivity index (χ1n) is 26.5. The van der Waals surface area contributed by atoms with E-state index in [-0.39, 0.29) is 6.61 Å². The highest BCUT2D eigenvalue weighted by Gasteiger charge is 2.57. The number of amides is 2. The number of carbonyl (C=O) groups is 2. The van der Waals surface area contributed by atoms with Gasteiger partial charge in [0.15, 0.2) is 37.7 Å². The van der Waals surface area contributed by atoms with Crippen molar-refractivity contribution in [3.63, 3.8) is 0 Å². The Hall–Kier alpha value is -2.38. The highest BCUT2D eigenvalue weighted by molar-refractivity contribution is 5.73. The number of hydrogen-bond donors (Lipinski definition) is 22. The zero-order valence-electron chi connectivity index (χ0n) is 44.4. The molecule has 0 aromatic heterocycles. The minimum atomic E-state index is -2.31. The lowest BCUT2D eigenvalue weighted by Crippen LogP contribution is -2.70. The second-order valence-corrected chi connectivity index (χ2v) is 21.0. The summed E-state index contributed by atoms with van der Waals surface area (Å²) in [5, 5.41) is 221. The van der Waals surface area contributed by atoms with E-state index in [9.17, 15) is 112 Å². The van der Waals surface area contributed by atoms with E-state index in [1.54, 1.807) is 0 Å². The summed E-state index contributed by atoms with van der Waals surface area (Å²) >= 11 is 0. The summed E-state index contributed by atoms with van der Waals surface area (Å²) in [6.07, 6.45) is -61.9. The molecular weight excluding hydrogens is 1140 g/mol. The minimum absolute atomic E-state index is 0.280. The van der Waals surface area contributed by atoms with Crippen LogP contribution in [0.2, 0.25) is 0 Å². The summed E-state index contributed by atoms with van der Waals surface area (Å²) in [5.41, 5.74) is 0. The van der Waals surface area contributed by atoms with Gasteiger partial charge in [-0.3, -0.25) is 9.59 Å². The van der Waals surface area contributed by atoms with Gasteiger partial charge in [0.2, 0.25) is 11.8 Å². The third-order valence-corrected chi connectivity index (χ3v) is 15.2. The number of ether oxygens (including phenoxy) is 13. The molecule has 34 atom stereocenters. The Morgan fingerprint density at radius 1 is 0.349 bits per heavy atom. The molecule has 0 unspecified atom stereocenters. The molecule has 0 bridgehead atoms. The molecule has 0 aromatic rings. The Bertz CT molecular complexity index is 2020. The van der Waals surface area contributed by atoms with Crippen molar-refractivity contribution >= 4 is 11.8 Å². The maximum absolute atomic E-state index is 12.7. The van der Waals surface area contributed by atoms with Gasteiger partial charge in [0.1, 0.15) is 165 Å². The Kier molecular flexibility index (Phi) is 24.4. The molecule has 0 spiro atoms. The van der Waals surface area contributed by atoms with Gasteiger partial charge in [0.25, 0.3) is 0 Å². The summed E-state index contributed by atoms with van der Waals surface area (Å²) in [5.74, 6) is -1.40. The number of nitrogens with one attached hydrogen (secondary N) is 2. The van der Waals surface area contributed by atoms with Gasteiger partial charge >= 0.3 is 0 Å². The molecule has 7 aliphatic rings. The maximum Gasteiger partial charge on any atom is 0.217 e. The number of aliphatic hydroxyl groups excluding tert-OH is 20. The zero-order chi connectivity index (χ0) is 61.0. The molecule has 0 radical (unpaired) electrons. The fourth-order valence-electron chi connectivity index (χ4n) is 10.5. The molecule has 7 fully saturated rings. The van der Waals surface area contributed by atoms with Crippen LogP contribution in [-0.2, 0) is 71.2 Å². The van der Waals surface area contributed by atoms with Gasteiger partial charge in [-0.05, 0) is 0 Å². The van der Waals surface area contributed by atoms with E-state index in [4.69, 9.17) is 61.6 Å². The van der Waals surface area contributed by atoms with Crippen LogP contribution in [0.15, 0.2) is 0 Å². The number of aliphatic hydroxyl groups is 20. The number of hydrogen-bond acceptors (Lipinski definition) is 35. The van der Waals surface area contributed by atoms with Crippen LogP contribution < -0.4 is 10.6 Å². The lowest BCUT2D eigenvalue weighted by atomic mass is 9.94. The second kappa shape index (κ2) is 29.7. The fourth-order valence-corrected chi connectivity index (χ4v) is 10.5. The van der Waals surface area contributed by atoms with Crippen LogP contribution in [0.1, 0.15) is 13.8 Å². The van der Waals surface area contributed by atoms with Crippen LogP contribution in [0.25, 0.3) is 0 Å². The van der Waals surface area contributed by atoms with Crippen molar-refractivity contribution in [3.8, 4) is 0 Å². The average Bonchev–Trinajstić information content (AvgIpc) is 3.46. The summed E-state index contributed by atoms with van der Waals surface area (Å²) < 4.78 is 74.8. The highest BCUT2D eigenvalue weighted by atomic mass is 16.8. The molecule has 0 saturated carbocycles. The van der Waals surface area contributed by atoms with Crippen LogP contribution in [0, 0.1) is 0 Å². The van der Waals surface area contributed by atoms with Gasteiger partial charge in [-0.15, -0.1) is 0 Å². The van der Waals surface area contributed by atoms with Crippen LogP contribution in [0.3, 0.4) is 0 Å². The summed E-state index contributed by atoms with van der Waals surface area (Å²) in [4.78, 5) is 24.6. The molecule has 0 aromatic carbocycles. The van der Waals surface area contributed by atoms with Crippen molar-refractivity contribution in [2.45, 2.75) is 222 Å². The molecule has 37 nitrogen and oxygen atoms in total. The number of carbonyl (C=O) groups excluding carboxylic acids is 2. The lowest BCUT2D eigenvalue weighted by molar-refractivity contribution is -0.387. The zero-order valence-corrected chi connectivity index (χ0v) is 44.4. The Labute approximate surface area is 470 Å². The summed E-state index contributed by atoms with van der Waals surface area (Å²) in [6.45, 7) is -4.66. The van der Waals surface area contributed by atoms with Gasteiger partial charge in [-0.1, -0.05) is 0 Å². The fraction of sp³-hybridized carbons (Fsp3) is 0.957. The van der Waals surface area contributed by atoms with E-state index >= 15 is 0 Å². The van der Waals surface area contributed by atoms with Crippen molar-refractivity contribution < 1.29 is 173 Å². The van der Waals surface area contributed by atoms with E-state index < -0.39 is 267 Å². The van der Waals surface area contributed by atoms with E-state index in [0.717, 1.165) is 13.8 Å². The predicted molar refractivity (Wildman–Crippen MR) is 254 cm³/mol. The van der Waals surface area contributed by atoms with Crippen LogP contribution in [0.4, 0.5) is 0 Å². The van der Waals surface area contributed by atoms with Crippen molar-refractivity contribution in [1.29, 1.82) is 0 Å². The standard InChI is InChI=1S/C46H78N2O35/c1-11(54)47-13-8-71-17(6-52)37(22(13)56)80-41-21(48-12(2)55)28(62)38(18(7-53)77-41)81-46-36(70)40(83-45-34(68)31(65)25(59)16(5-51)76-45)27(61)20(79-46)10-73-43-35(69)39(82-44-33(67)30(64)24(58)15(4-50)75-44)26(60)19(78-43)9-72-42-32(66)29(63)23(57)14(3-49)74-42/h13-46,49-53,56-70H,3-10H2,1-2H3,(H,47,54)(H,48,55)/t13-,14+,15+,16+,17+,18+,19+,20+,21+,22+,23+,24+,25+,26+,27+,28+,29-,30-,31-,32-,33-,34-,35-,36-,37+,38+,39-,40-,41+,42-,43-,44+,45+,46-/m0/s1. The second-order valence-electron chi connectivity index (χ2n) is 21.0. The van der Waals surface area contributed by atoms with Crippen LogP contribution in [0.5, 0.6) is 0 Å². The van der Waals surface area contributed by atoms with Gasteiger partial charge in [0, 0.05) is 13.8 Å².